The summed E-state index contributed by atoms with van der Waals surface area (Å²) in [5.74, 6) is -1.07. The lowest BCUT2D eigenvalue weighted by molar-refractivity contribution is -0.114. The van der Waals surface area contributed by atoms with Crippen molar-refractivity contribution in [1.29, 1.82) is 0 Å². The second kappa shape index (κ2) is 6.00. The summed E-state index contributed by atoms with van der Waals surface area (Å²) in [7, 11) is 0. The third-order valence-electron chi connectivity index (χ3n) is 3.29. The maximum absolute atomic E-state index is 13.6. The third kappa shape index (κ3) is 3.14. The monoisotopic (exact) mass is 279 g/mol. The molecule has 0 bridgehead atoms. The molecule has 0 radical (unpaired) electrons. The molecule has 1 saturated heterocycles. The molecule has 0 aliphatic carbocycles. The van der Waals surface area contributed by atoms with Crippen LogP contribution in [-0.2, 0) is 4.79 Å². The first-order valence-corrected chi connectivity index (χ1v) is 6.58. The van der Waals surface area contributed by atoms with Gasteiger partial charge in [-0.1, -0.05) is 0 Å². The number of rotatable bonds is 2. The van der Waals surface area contributed by atoms with Crippen molar-refractivity contribution < 1.29 is 14.0 Å². The number of nitrogens with one attached hydrogen (secondary N) is 2. The van der Waals surface area contributed by atoms with Gasteiger partial charge in [-0.2, -0.15) is 0 Å². The van der Waals surface area contributed by atoms with Crippen molar-refractivity contribution in [3.8, 4) is 0 Å². The van der Waals surface area contributed by atoms with Gasteiger partial charge in [0.1, 0.15) is 5.82 Å². The van der Waals surface area contributed by atoms with Crippen LogP contribution in [0, 0.1) is 5.82 Å². The van der Waals surface area contributed by atoms with Crippen LogP contribution in [0.5, 0.6) is 0 Å². The fraction of sp³-hybridized carbons (Fsp3) is 0.429. The van der Waals surface area contributed by atoms with E-state index in [-0.39, 0.29) is 23.5 Å². The number of anilines is 1. The first-order chi connectivity index (χ1) is 9.49. The van der Waals surface area contributed by atoms with E-state index in [1.165, 1.54) is 25.1 Å². The van der Waals surface area contributed by atoms with Gasteiger partial charge in [-0.25, -0.2) is 4.39 Å². The molecule has 1 aromatic carbocycles. The van der Waals surface area contributed by atoms with E-state index in [0.29, 0.717) is 12.1 Å². The Kier molecular flexibility index (Phi) is 4.34. The third-order valence-corrected chi connectivity index (χ3v) is 3.29. The molecule has 2 amide bonds. The molecule has 1 aromatic rings. The lowest BCUT2D eigenvalue weighted by atomic mass is 10.1. The van der Waals surface area contributed by atoms with Gasteiger partial charge in [-0.15, -0.1) is 0 Å². The average Bonchev–Trinajstić information content (AvgIpc) is 2.40. The molecule has 5 nitrogen and oxygen atoms in total. The molecule has 0 saturated carbocycles. The van der Waals surface area contributed by atoms with Crippen LogP contribution in [0.15, 0.2) is 18.2 Å². The van der Waals surface area contributed by atoms with Crippen molar-refractivity contribution in [2.45, 2.75) is 19.9 Å². The van der Waals surface area contributed by atoms with E-state index >= 15 is 0 Å². The second-order valence-corrected chi connectivity index (χ2v) is 4.93. The summed E-state index contributed by atoms with van der Waals surface area (Å²) in [6.45, 7) is 5.36. The van der Waals surface area contributed by atoms with E-state index in [9.17, 15) is 14.0 Å². The maximum atomic E-state index is 13.6. The zero-order valence-electron chi connectivity index (χ0n) is 11.6. The van der Waals surface area contributed by atoms with Gasteiger partial charge in [-0.3, -0.25) is 9.59 Å². The molecule has 108 valence electrons. The zero-order valence-corrected chi connectivity index (χ0v) is 11.6. The number of nitrogens with zero attached hydrogens (tertiary/aromatic N) is 1. The predicted octanol–water partition coefficient (Wildman–Crippen LogP) is 1.22. The molecular formula is C14H18FN3O2. The number of hydrogen-bond donors (Lipinski definition) is 2. The van der Waals surface area contributed by atoms with Crippen LogP contribution in [0.2, 0.25) is 0 Å². The summed E-state index contributed by atoms with van der Waals surface area (Å²) in [6.07, 6.45) is 0. The highest BCUT2D eigenvalue weighted by atomic mass is 19.1. The fourth-order valence-electron chi connectivity index (χ4n) is 2.25. The SMILES string of the molecule is CC(=O)Nc1cc(C(=O)N2CCNC[C@@H]2C)ccc1F. The van der Waals surface area contributed by atoms with E-state index in [2.05, 4.69) is 10.6 Å². The summed E-state index contributed by atoms with van der Waals surface area (Å²) in [5, 5.41) is 5.59. The number of amides is 2. The number of halogens is 1. The molecule has 0 aromatic heterocycles. The molecule has 20 heavy (non-hydrogen) atoms. The molecule has 1 heterocycles. The van der Waals surface area contributed by atoms with Gasteiger partial charge in [0, 0.05) is 38.2 Å². The van der Waals surface area contributed by atoms with E-state index < -0.39 is 5.82 Å². The summed E-state index contributed by atoms with van der Waals surface area (Å²) in [6, 6.07) is 4.11. The Balaban J connectivity index is 2.23. The Hall–Kier alpha value is -1.95. The number of carbonyl (C=O) groups excluding carboxylic acids is 2. The minimum Gasteiger partial charge on any atom is -0.333 e. The van der Waals surface area contributed by atoms with Gasteiger partial charge in [0.2, 0.25) is 5.91 Å². The summed E-state index contributed by atoms with van der Waals surface area (Å²) in [5.41, 5.74) is 0.412. The summed E-state index contributed by atoms with van der Waals surface area (Å²) in [4.78, 5) is 25.2. The molecule has 1 aliphatic heterocycles. The van der Waals surface area contributed by atoms with E-state index in [1.807, 2.05) is 6.92 Å². The van der Waals surface area contributed by atoms with Crippen molar-refractivity contribution in [2.24, 2.45) is 0 Å². The minimum absolute atomic E-state index is 0.0335. The van der Waals surface area contributed by atoms with Crippen molar-refractivity contribution in [2.75, 3.05) is 25.0 Å². The Morgan fingerprint density at radius 3 is 2.85 bits per heavy atom. The molecule has 2 rings (SSSR count). The van der Waals surface area contributed by atoms with Gasteiger partial charge in [-0.05, 0) is 25.1 Å². The molecule has 2 N–H and O–H groups in total. The van der Waals surface area contributed by atoms with E-state index in [4.69, 9.17) is 0 Å². The highest BCUT2D eigenvalue weighted by Gasteiger charge is 2.24. The van der Waals surface area contributed by atoms with Crippen LogP contribution >= 0.6 is 0 Å². The average molecular weight is 279 g/mol. The largest absolute Gasteiger partial charge is 0.333 e. The van der Waals surface area contributed by atoms with Crippen LogP contribution < -0.4 is 10.6 Å². The molecular weight excluding hydrogens is 261 g/mol. The molecule has 1 atom stereocenters. The quantitative estimate of drug-likeness (QED) is 0.855. The van der Waals surface area contributed by atoms with Crippen LogP contribution in [-0.4, -0.2) is 42.4 Å². The van der Waals surface area contributed by atoms with Crippen LogP contribution in [0.25, 0.3) is 0 Å². The fourth-order valence-corrected chi connectivity index (χ4v) is 2.25. The normalized spacial score (nSPS) is 18.8. The second-order valence-electron chi connectivity index (χ2n) is 4.93. The number of benzene rings is 1. The minimum atomic E-state index is -0.551. The smallest absolute Gasteiger partial charge is 0.254 e. The zero-order chi connectivity index (χ0) is 14.7. The van der Waals surface area contributed by atoms with E-state index in [0.717, 1.165) is 13.1 Å². The Morgan fingerprint density at radius 2 is 2.20 bits per heavy atom. The highest BCUT2D eigenvalue weighted by molar-refractivity contribution is 5.97. The van der Waals surface area contributed by atoms with Gasteiger partial charge in [0.15, 0.2) is 0 Å². The van der Waals surface area contributed by atoms with E-state index in [1.54, 1.807) is 4.90 Å². The Labute approximate surface area is 117 Å². The van der Waals surface area contributed by atoms with Crippen LogP contribution in [0.4, 0.5) is 10.1 Å². The van der Waals surface area contributed by atoms with Crippen molar-refractivity contribution in [3.05, 3.63) is 29.6 Å². The van der Waals surface area contributed by atoms with Gasteiger partial charge in [0.05, 0.1) is 5.69 Å². The first kappa shape index (κ1) is 14.5. The highest BCUT2D eigenvalue weighted by Crippen LogP contribution is 2.18. The van der Waals surface area contributed by atoms with Gasteiger partial charge < -0.3 is 15.5 Å². The summed E-state index contributed by atoms with van der Waals surface area (Å²) < 4.78 is 13.6. The van der Waals surface area contributed by atoms with Crippen molar-refractivity contribution >= 4 is 17.5 Å². The van der Waals surface area contributed by atoms with Crippen LogP contribution in [0.1, 0.15) is 24.2 Å². The Morgan fingerprint density at radius 1 is 1.45 bits per heavy atom. The Bertz CT molecular complexity index is 533. The molecule has 1 aliphatic rings. The molecule has 6 heteroatoms. The molecule has 0 spiro atoms. The van der Waals surface area contributed by atoms with Gasteiger partial charge in [0.25, 0.3) is 5.91 Å². The topological polar surface area (TPSA) is 61.4 Å². The lowest BCUT2D eigenvalue weighted by Gasteiger charge is -2.34. The lowest BCUT2D eigenvalue weighted by Crippen LogP contribution is -2.52. The number of hydrogen-bond acceptors (Lipinski definition) is 3. The molecule has 0 unspecified atom stereocenters. The van der Waals surface area contributed by atoms with Crippen molar-refractivity contribution in [3.63, 3.8) is 0 Å². The number of carbonyl (C=O) groups is 2. The first-order valence-electron chi connectivity index (χ1n) is 6.58. The standard InChI is InChI=1S/C14H18FN3O2/c1-9-8-16-5-6-18(9)14(20)11-3-4-12(15)13(7-11)17-10(2)19/h3-4,7,9,16H,5-6,8H2,1-2H3,(H,17,19)/t9-/m0/s1. The van der Waals surface area contributed by atoms with Gasteiger partial charge >= 0.3 is 0 Å². The van der Waals surface area contributed by atoms with Crippen LogP contribution in [0.3, 0.4) is 0 Å². The maximum Gasteiger partial charge on any atom is 0.254 e. The van der Waals surface area contributed by atoms with Crippen molar-refractivity contribution in [1.82, 2.24) is 10.2 Å². The summed E-state index contributed by atoms with van der Waals surface area (Å²) >= 11 is 0. The molecule has 1 fully saturated rings. The number of piperazine rings is 1. The predicted molar refractivity (Wildman–Crippen MR) is 74.1 cm³/mol.